The van der Waals surface area contributed by atoms with Crippen LogP contribution in [0.25, 0.3) is 0 Å². The second-order valence-electron chi connectivity index (χ2n) is 3.40. The molecule has 9 heteroatoms. The lowest BCUT2D eigenvalue weighted by Gasteiger charge is -2.28. The number of aliphatic hydroxyl groups is 3. The van der Waals surface area contributed by atoms with Crippen LogP contribution in [0.5, 0.6) is 0 Å². The van der Waals surface area contributed by atoms with Gasteiger partial charge in [-0.1, -0.05) is 0 Å². The van der Waals surface area contributed by atoms with Crippen LogP contribution in [0, 0.1) is 10.1 Å². The Morgan fingerprint density at radius 3 is 2.06 bits per heavy atom. The smallest absolute Gasteiger partial charge is 0.305 e. The molecule has 0 aliphatic heterocycles. The summed E-state index contributed by atoms with van der Waals surface area (Å²) < 4.78 is 0. The third kappa shape index (κ3) is 3.06. The standard InChI is InChI=1S/C8H12N4O5/c13-3-8(4-14,5-15)11-7-9-1-6(2-10-7)12(16)17/h1-2,13-15H,3-5H2,(H,9,10,11). The maximum atomic E-state index is 10.4. The molecule has 0 unspecified atom stereocenters. The van der Waals surface area contributed by atoms with Crippen molar-refractivity contribution < 1.29 is 20.2 Å². The van der Waals surface area contributed by atoms with Crippen LogP contribution in [-0.2, 0) is 0 Å². The van der Waals surface area contributed by atoms with Gasteiger partial charge in [0, 0.05) is 0 Å². The summed E-state index contributed by atoms with van der Waals surface area (Å²) >= 11 is 0. The second kappa shape index (κ2) is 5.48. The van der Waals surface area contributed by atoms with Crippen molar-refractivity contribution in [2.45, 2.75) is 5.54 Å². The van der Waals surface area contributed by atoms with E-state index < -0.39 is 30.3 Å². The highest BCUT2D eigenvalue weighted by atomic mass is 16.6. The van der Waals surface area contributed by atoms with E-state index in [1.165, 1.54) is 0 Å². The van der Waals surface area contributed by atoms with Crippen molar-refractivity contribution in [3.05, 3.63) is 22.5 Å². The lowest BCUT2D eigenvalue weighted by molar-refractivity contribution is -0.385. The lowest BCUT2D eigenvalue weighted by atomic mass is 10.0. The molecule has 0 fully saturated rings. The fourth-order valence-electron chi connectivity index (χ4n) is 0.986. The van der Waals surface area contributed by atoms with Gasteiger partial charge in [0.15, 0.2) is 0 Å². The monoisotopic (exact) mass is 244 g/mol. The molecule has 0 saturated heterocycles. The van der Waals surface area contributed by atoms with Gasteiger partial charge in [-0.25, -0.2) is 9.97 Å². The van der Waals surface area contributed by atoms with E-state index in [4.69, 9.17) is 15.3 Å². The Morgan fingerprint density at radius 2 is 1.71 bits per heavy atom. The Hall–Kier alpha value is -1.84. The second-order valence-corrected chi connectivity index (χ2v) is 3.40. The zero-order chi connectivity index (χ0) is 12.9. The fourth-order valence-corrected chi connectivity index (χ4v) is 0.986. The number of hydrogen-bond donors (Lipinski definition) is 4. The number of rotatable bonds is 6. The van der Waals surface area contributed by atoms with E-state index >= 15 is 0 Å². The molecule has 0 aliphatic rings. The van der Waals surface area contributed by atoms with Crippen molar-refractivity contribution in [1.82, 2.24) is 9.97 Å². The molecular weight excluding hydrogens is 232 g/mol. The number of anilines is 1. The molecule has 0 aliphatic carbocycles. The first-order valence-corrected chi connectivity index (χ1v) is 4.64. The normalized spacial score (nSPS) is 11.2. The van der Waals surface area contributed by atoms with Crippen molar-refractivity contribution in [3.8, 4) is 0 Å². The van der Waals surface area contributed by atoms with Crippen LogP contribution in [0.2, 0.25) is 0 Å². The molecule has 1 heterocycles. The predicted octanol–water partition coefficient (Wildman–Crippen LogP) is -1.49. The van der Waals surface area contributed by atoms with Gasteiger partial charge in [0.1, 0.15) is 17.9 Å². The highest BCUT2D eigenvalue weighted by Gasteiger charge is 2.28. The van der Waals surface area contributed by atoms with Crippen molar-refractivity contribution in [2.75, 3.05) is 25.1 Å². The van der Waals surface area contributed by atoms with Gasteiger partial charge in [0.05, 0.1) is 24.7 Å². The summed E-state index contributed by atoms with van der Waals surface area (Å²) in [5.41, 5.74) is -1.64. The number of aromatic nitrogens is 2. The van der Waals surface area contributed by atoms with Crippen LogP contribution in [0.4, 0.5) is 11.6 Å². The quantitative estimate of drug-likeness (QED) is 0.350. The minimum atomic E-state index is -1.36. The third-order valence-corrected chi connectivity index (χ3v) is 2.13. The molecule has 0 spiro atoms. The van der Waals surface area contributed by atoms with Gasteiger partial charge < -0.3 is 20.6 Å². The van der Waals surface area contributed by atoms with E-state index in [-0.39, 0.29) is 11.6 Å². The molecule has 0 bridgehead atoms. The highest BCUT2D eigenvalue weighted by Crippen LogP contribution is 2.13. The average molecular weight is 244 g/mol. The molecule has 94 valence electrons. The zero-order valence-corrected chi connectivity index (χ0v) is 8.78. The van der Waals surface area contributed by atoms with Crippen LogP contribution < -0.4 is 5.32 Å². The van der Waals surface area contributed by atoms with E-state index in [1.807, 2.05) is 0 Å². The molecule has 0 saturated carbocycles. The first-order chi connectivity index (χ1) is 8.06. The Balaban J connectivity index is 2.84. The molecule has 9 nitrogen and oxygen atoms in total. The van der Waals surface area contributed by atoms with Gasteiger partial charge in [0.2, 0.25) is 5.95 Å². The lowest BCUT2D eigenvalue weighted by Crippen LogP contribution is -2.49. The Labute approximate surface area is 95.9 Å². The topological polar surface area (TPSA) is 142 Å². The molecule has 0 atom stereocenters. The molecule has 1 aromatic rings. The zero-order valence-electron chi connectivity index (χ0n) is 8.78. The molecule has 4 N–H and O–H groups in total. The number of hydrogen-bond acceptors (Lipinski definition) is 8. The third-order valence-electron chi connectivity index (χ3n) is 2.13. The maximum Gasteiger partial charge on any atom is 0.305 e. The van der Waals surface area contributed by atoms with Crippen LogP contribution in [0.3, 0.4) is 0 Å². The van der Waals surface area contributed by atoms with E-state index in [2.05, 4.69) is 15.3 Å². The van der Waals surface area contributed by atoms with Gasteiger partial charge in [-0.05, 0) is 0 Å². The van der Waals surface area contributed by atoms with E-state index in [0.717, 1.165) is 12.4 Å². The molecule has 0 amide bonds. The van der Waals surface area contributed by atoms with E-state index in [9.17, 15) is 10.1 Å². The summed E-state index contributed by atoms with van der Waals surface area (Å²) in [7, 11) is 0. The summed E-state index contributed by atoms with van der Waals surface area (Å²) in [6.07, 6.45) is 1.96. The molecule has 0 aromatic carbocycles. The van der Waals surface area contributed by atoms with Gasteiger partial charge in [-0.15, -0.1) is 0 Å². The summed E-state index contributed by atoms with van der Waals surface area (Å²) in [6, 6.07) is 0. The predicted molar refractivity (Wildman–Crippen MR) is 56.3 cm³/mol. The van der Waals surface area contributed by atoms with Gasteiger partial charge in [0.25, 0.3) is 0 Å². The number of nitro groups is 1. The minimum absolute atomic E-state index is 0.0345. The SMILES string of the molecule is O=[N+]([O-])c1cnc(NC(CO)(CO)CO)nc1. The van der Waals surface area contributed by atoms with E-state index in [0.29, 0.717) is 0 Å². The Morgan fingerprint density at radius 1 is 1.24 bits per heavy atom. The van der Waals surface area contributed by atoms with Gasteiger partial charge in [-0.2, -0.15) is 0 Å². The molecule has 17 heavy (non-hydrogen) atoms. The number of nitrogens with one attached hydrogen (secondary N) is 1. The summed E-state index contributed by atoms with van der Waals surface area (Å²) in [6.45, 7) is -1.62. The summed E-state index contributed by atoms with van der Waals surface area (Å²) in [5, 5.41) is 40.0. The summed E-state index contributed by atoms with van der Waals surface area (Å²) in [4.78, 5) is 17.0. The van der Waals surface area contributed by atoms with Gasteiger partial charge >= 0.3 is 5.69 Å². The number of nitrogens with zero attached hydrogens (tertiary/aromatic N) is 3. The highest BCUT2D eigenvalue weighted by molar-refractivity contribution is 5.33. The van der Waals surface area contributed by atoms with Crippen molar-refractivity contribution in [3.63, 3.8) is 0 Å². The van der Waals surface area contributed by atoms with Crippen LogP contribution >= 0.6 is 0 Å². The van der Waals surface area contributed by atoms with Crippen LogP contribution in [-0.4, -0.2) is 55.6 Å². The fraction of sp³-hybridized carbons (Fsp3) is 0.500. The first-order valence-electron chi connectivity index (χ1n) is 4.64. The molecular formula is C8H12N4O5. The molecule has 1 rings (SSSR count). The molecule has 1 aromatic heterocycles. The Kier molecular flexibility index (Phi) is 4.26. The van der Waals surface area contributed by atoms with E-state index in [1.54, 1.807) is 0 Å². The number of aliphatic hydroxyl groups excluding tert-OH is 3. The largest absolute Gasteiger partial charge is 0.394 e. The van der Waals surface area contributed by atoms with Crippen LogP contribution in [0.1, 0.15) is 0 Å². The van der Waals surface area contributed by atoms with Crippen molar-refractivity contribution in [2.24, 2.45) is 0 Å². The Bertz CT molecular complexity index is 370. The minimum Gasteiger partial charge on any atom is -0.394 e. The first kappa shape index (κ1) is 13.2. The molecule has 0 radical (unpaired) electrons. The summed E-state index contributed by atoms with van der Waals surface area (Å²) in [5.74, 6) is -0.0345. The average Bonchev–Trinajstić information content (AvgIpc) is 2.37. The van der Waals surface area contributed by atoms with Crippen molar-refractivity contribution in [1.29, 1.82) is 0 Å². The van der Waals surface area contributed by atoms with Gasteiger partial charge in [-0.3, -0.25) is 10.1 Å². The van der Waals surface area contributed by atoms with Crippen LogP contribution in [0.15, 0.2) is 12.4 Å². The maximum absolute atomic E-state index is 10.4. The van der Waals surface area contributed by atoms with Crippen molar-refractivity contribution >= 4 is 11.6 Å².